The third-order valence-corrected chi connectivity index (χ3v) is 6.59. The molecule has 214 valence electrons. The number of nitrogen functional groups attached to an aromatic ring is 1. The molecule has 1 atom stereocenters. The van der Waals surface area contributed by atoms with E-state index in [0.29, 0.717) is 48.9 Å². The van der Waals surface area contributed by atoms with Gasteiger partial charge in [-0.2, -0.15) is 13.2 Å². The zero-order valence-electron chi connectivity index (χ0n) is 21.9. The summed E-state index contributed by atoms with van der Waals surface area (Å²) in [5, 5.41) is 2.39. The Kier molecular flexibility index (Phi) is 7.85. The highest BCUT2D eigenvalue weighted by molar-refractivity contribution is 6.04. The summed E-state index contributed by atoms with van der Waals surface area (Å²) < 4.78 is 51.8. The summed E-state index contributed by atoms with van der Waals surface area (Å²) in [5.41, 5.74) is 7.14. The van der Waals surface area contributed by atoms with E-state index in [4.69, 9.17) is 20.2 Å². The molecule has 0 radical (unpaired) electrons. The fourth-order valence-electron chi connectivity index (χ4n) is 4.54. The number of fused-ring (bicyclic) bond motifs is 1. The van der Waals surface area contributed by atoms with Crippen LogP contribution in [-0.2, 0) is 20.4 Å². The van der Waals surface area contributed by atoms with Crippen LogP contribution in [0.4, 0.5) is 24.8 Å². The van der Waals surface area contributed by atoms with Gasteiger partial charge < -0.3 is 25.4 Å². The van der Waals surface area contributed by atoms with Crippen molar-refractivity contribution in [1.82, 2.24) is 24.3 Å². The van der Waals surface area contributed by atoms with Gasteiger partial charge >= 0.3 is 6.18 Å². The van der Waals surface area contributed by atoms with E-state index in [1.807, 2.05) is 0 Å². The van der Waals surface area contributed by atoms with Gasteiger partial charge in [0.2, 0.25) is 5.91 Å². The maximum Gasteiger partial charge on any atom is 0.416 e. The summed E-state index contributed by atoms with van der Waals surface area (Å²) in [6, 6.07) is 7.92. The van der Waals surface area contributed by atoms with Crippen LogP contribution in [0.25, 0.3) is 16.8 Å². The first-order chi connectivity index (χ1) is 19.7. The predicted octanol–water partition coefficient (Wildman–Crippen LogP) is 3.58. The number of ether oxygens (including phenoxy) is 2. The molecule has 11 nitrogen and oxygen atoms in total. The van der Waals surface area contributed by atoms with E-state index < -0.39 is 23.8 Å². The van der Waals surface area contributed by atoms with E-state index in [9.17, 15) is 22.8 Å². The zero-order chi connectivity index (χ0) is 29.1. The second kappa shape index (κ2) is 11.5. The van der Waals surface area contributed by atoms with Crippen molar-refractivity contribution in [2.24, 2.45) is 0 Å². The van der Waals surface area contributed by atoms with Crippen LogP contribution in [0.3, 0.4) is 0 Å². The first-order valence-corrected chi connectivity index (χ1v) is 12.6. The van der Waals surface area contributed by atoms with Gasteiger partial charge in [0.15, 0.2) is 0 Å². The van der Waals surface area contributed by atoms with Crippen molar-refractivity contribution in [3.8, 4) is 11.3 Å². The Morgan fingerprint density at radius 2 is 1.95 bits per heavy atom. The summed E-state index contributed by atoms with van der Waals surface area (Å²) in [6.45, 7) is 1.41. The molecular formula is C27H26F3N7O4. The molecule has 1 aromatic carbocycles. The molecule has 0 bridgehead atoms. The van der Waals surface area contributed by atoms with Crippen molar-refractivity contribution in [3.05, 3.63) is 71.9 Å². The van der Waals surface area contributed by atoms with Crippen LogP contribution in [0, 0.1) is 0 Å². The van der Waals surface area contributed by atoms with Crippen molar-refractivity contribution in [2.75, 3.05) is 44.5 Å². The summed E-state index contributed by atoms with van der Waals surface area (Å²) in [4.78, 5) is 39.8. The number of imidazole rings is 1. The Morgan fingerprint density at radius 1 is 1.17 bits per heavy atom. The van der Waals surface area contributed by atoms with Crippen LogP contribution in [0.1, 0.15) is 34.3 Å². The Balaban J connectivity index is 1.40. The van der Waals surface area contributed by atoms with Gasteiger partial charge in [-0.3, -0.25) is 14.0 Å². The molecule has 3 aromatic heterocycles. The Bertz CT molecular complexity index is 1570. The number of aromatic nitrogens is 4. The number of anilines is 2. The molecule has 41 heavy (non-hydrogen) atoms. The van der Waals surface area contributed by atoms with Gasteiger partial charge in [-0.15, -0.1) is 0 Å². The van der Waals surface area contributed by atoms with E-state index in [2.05, 4.69) is 15.3 Å². The lowest BCUT2D eigenvalue weighted by Gasteiger charge is -2.32. The molecule has 1 saturated heterocycles. The number of hydrogen-bond acceptors (Lipinski definition) is 8. The zero-order valence-corrected chi connectivity index (χ0v) is 21.9. The molecule has 14 heteroatoms. The Labute approximate surface area is 232 Å². The number of rotatable bonds is 7. The number of pyridine rings is 1. The van der Waals surface area contributed by atoms with E-state index in [1.165, 1.54) is 18.3 Å². The third kappa shape index (κ3) is 5.98. The van der Waals surface area contributed by atoms with Crippen molar-refractivity contribution in [1.29, 1.82) is 0 Å². The van der Waals surface area contributed by atoms with Crippen molar-refractivity contribution < 1.29 is 32.2 Å². The average molecular weight is 570 g/mol. The standard InChI is InChI=1S/C27H26F3N7O4/c1-40-12-7-21(38)36-11-13-41-19(15-36)25-35-22(23-24(31)33-9-10-37(23)25)16-2-4-17(5-3-16)26(39)34-20-14-18(6-8-32-20)27(28,29)30/h2-6,8-10,14,19H,7,11-13,15H2,1H3,(H2,31,33)(H,32,34,39). The lowest BCUT2D eigenvalue weighted by molar-refractivity contribution is -0.140. The summed E-state index contributed by atoms with van der Waals surface area (Å²) in [6.07, 6.45) is -0.604. The van der Waals surface area contributed by atoms with Gasteiger partial charge in [-0.25, -0.2) is 15.0 Å². The monoisotopic (exact) mass is 569 g/mol. The molecule has 1 fully saturated rings. The molecule has 1 unspecified atom stereocenters. The quantitative estimate of drug-likeness (QED) is 0.345. The fourth-order valence-corrected chi connectivity index (χ4v) is 4.54. The van der Waals surface area contributed by atoms with Crippen LogP contribution in [0.15, 0.2) is 55.0 Å². The largest absolute Gasteiger partial charge is 0.416 e. The van der Waals surface area contributed by atoms with Crippen molar-refractivity contribution in [2.45, 2.75) is 18.7 Å². The van der Waals surface area contributed by atoms with Crippen LogP contribution < -0.4 is 11.1 Å². The molecule has 5 rings (SSSR count). The second-order valence-electron chi connectivity index (χ2n) is 9.25. The molecule has 4 heterocycles. The smallest absolute Gasteiger partial charge is 0.384 e. The molecule has 3 N–H and O–H groups in total. The predicted molar refractivity (Wildman–Crippen MR) is 142 cm³/mol. The highest BCUT2D eigenvalue weighted by Crippen LogP contribution is 2.33. The van der Waals surface area contributed by atoms with Crippen LogP contribution in [0.5, 0.6) is 0 Å². The molecule has 0 aliphatic carbocycles. The SMILES string of the molecule is COCCC(=O)N1CCOC(c2nc(-c3ccc(C(=O)Nc4cc(C(F)(F)F)ccn4)cc3)c3c(N)nccn23)C1. The van der Waals surface area contributed by atoms with Gasteiger partial charge in [0.1, 0.15) is 34.8 Å². The first-order valence-electron chi connectivity index (χ1n) is 12.6. The van der Waals surface area contributed by atoms with Gasteiger partial charge in [0, 0.05) is 43.4 Å². The summed E-state index contributed by atoms with van der Waals surface area (Å²) >= 11 is 0. The maximum absolute atomic E-state index is 13.0. The van der Waals surface area contributed by atoms with Crippen LogP contribution in [-0.4, -0.2) is 69.5 Å². The van der Waals surface area contributed by atoms with E-state index >= 15 is 0 Å². The lowest BCUT2D eigenvalue weighted by atomic mass is 10.1. The number of benzene rings is 1. The number of nitrogens with two attached hydrogens (primary N) is 1. The highest BCUT2D eigenvalue weighted by atomic mass is 19.4. The number of carbonyl (C=O) groups excluding carboxylic acids is 2. The van der Waals surface area contributed by atoms with E-state index in [1.54, 1.807) is 34.7 Å². The fraction of sp³-hybridized carbons (Fsp3) is 0.296. The summed E-state index contributed by atoms with van der Waals surface area (Å²) in [5.74, 6) is -0.140. The molecule has 4 aromatic rings. The lowest BCUT2D eigenvalue weighted by Crippen LogP contribution is -2.43. The Hall–Kier alpha value is -4.56. The Morgan fingerprint density at radius 3 is 2.68 bits per heavy atom. The third-order valence-electron chi connectivity index (χ3n) is 6.59. The number of morpholine rings is 1. The highest BCUT2D eigenvalue weighted by Gasteiger charge is 2.31. The minimum Gasteiger partial charge on any atom is -0.384 e. The van der Waals surface area contributed by atoms with Gasteiger partial charge in [-0.1, -0.05) is 12.1 Å². The van der Waals surface area contributed by atoms with Gasteiger partial charge in [0.25, 0.3) is 5.91 Å². The number of amides is 2. The minimum absolute atomic E-state index is 0.0448. The molecule has 0 saturated carbocycles. The molecular weight excluding hydrogens is 543 g/mol. The number of halogens is 3. The minimum atomic E-state index is -4.56. The topological polar surface area (TPSA) is 137 Å². The second-order valence-corrected chi connectivity index (χ2v) is 9.25. The van der Waals surface area contributed by atoms with Gasteiger partial charge in [-0.05, 0) is 24.3 Å². The number of methoxy groups -OCH3 is 1. The van der Waals surface area contributed by atoms with E-state index in [0.717, 1.165) is 18.3 Å². The summed E-state index contributed by atoms with van der Waals surface area (Å²) in [7, 11) is 1.54. The molecule has 1 aliphatic heterocycles. The number of nitrogens with one attached hydrogen (secondary N) is 1. The number of alkyl halides is 3. The van der Waals surface area contributed by atoms with E-state index in [-0.39, 0.29) is 29.5 Å². The number of hydrogen-bond donors (Lipinski definition) is 2. The van der Waals surface area contributed by atoms with Crippen LogP contribution in [0.2, 0.25) is 0 Å². The molecule has 1 aliphatic rings. The normalized spacial score (nSPS) is 15.7. The van der Waals surface area contributed by atoms with Crippen molar-refractivity contribution in [3.63, 3.8) is 0 Å². The maximum atomic E-state index is 13.0. The molecule has 0 spiro atoms. The molecule has 2 amide bonds. The van der Waals surface area contributed by atoms with Crippen LogP contribution >= 0.6 is 0 Å². The number of carbonyl (C=O) groups is 2. The average Bonchev–Trinajstić information content (AvgIpc) is 3.37. The van der Waals surface area contributed by atoms with Gasteiger partial charge in [0.05, 0.1) is 31.7 Å². The van der Waals surface area contributed by atoms with Crippen molar-refractivity contribution >= 4 is 29.0 Å². The number of nitrogens with zero attached hydrogens (tertiary/aromatic N) is 5. The first kappa shape index (κ1) is 28.0.